The molecule has 0 aliphatic carbocycles. The van der Waals surface area contributed by atoms with Gasteiger partial charge in [0.2, 0.25) is 17.3 Å². The zero-order valence-electron chi connectivity index (χ0n) is 4.70. The summed E-state index contributed by atoms with van der Waals surface area (Å²) < 4.78 is 17.8. The number of aromatic nitrogens is 1. The fourth-order valence-electron chi connectivity index (χ4n) is 0.434. The highest BCUT2D eigenvalue weighted by Crippen LogP contribution is 2.09. The fraction of sp³-hybridized carbons (Fsp3) is 0.250. The summed E-state index contributed by atoms with van der Waals surface area (Å²) in [6.45, 7) is 1.74. The number of nitrogens with zero attached hydrogens (tertiary/aromatic N) is 2. The van der Waals surface area contributed by atoms with Crippen LogP contribution in [-0.2, 0) is 11.5 Å². The largest absolute Gasteiger partial charge is 0.359 e. The van der Waals surface area contributed by atoms with E-state index in [2.05, 4.69) is 14.0 Å². The average Bonchev–Trinajstić information content (AvgIpc) is 2.17. The molecule has 0 radical (unpaired) electrons. The van der Waals surface area contributed by atoms with Crippen LogP contribution in [0.25, 0.3) is 0 Å². The van der Waals surface area contributed by atoms with Crippen LogP contribution in [-0.4, -0.2) is 9.37 Å². The Bertz CT molecular complexity index is 251. The molecule has 0 aliphatic heterocycles. The quantitative estimate of drug-likeness (QED) is 0.591. The number of aryl methyl sites for hydroxylation is 1. The van der Waals surface area contributed by atoms with Gasteiger partial charge >= 0.3 is 0 Å². The molecule has 1 aromatic rings. The van der Waals surface area contributed by atoms with Gasteiger partial charge < -0.3 is 4.52 Å². The second kappa shape index (κ2) is 2.54. The molecule has 4 nitrogen and oxygen atoms in total. The van der Waals surface area contributed by atoms with Gasteiger partial charge in [-0.25, -0.2) is 0 Å². The zero-order chi connectivity index (χ0) is 6.69. The molecule has 0 aliphatic rings. The lowest BCUT2D eigenvalue weighted by molar-refractivity contribution is 0.399. The zero-order valence-corrected chi connectivity index (χ0v) is 5.51. The molecule has 0 saturated carbocycles. The van der Waals surface area contributed by atoms with E-state index in [1.54, 1.807) is 13.0 Å². The third-order valence-electron chi connectivity index (χ3n) is 0.746. The second-order valence-corrected chi connectivity index (χ2v) is 1.79. The molecule has 0 aromatic carbocycles. The number of rotatable bonds is 1. The van der Waals surface area contributed by atoms with E-state index in [-0.39, 0.29) is 11.5 Å². The first kappa shape index (κ1) is 6.15. The maximum atomic E-state index is 9.78. The summed E-state index contributed by atoms with van der Waals surface area (Å²) in [5.41, 5.74) is 0. The molecular formula is C4H4N2O2S. The minimum atomic E-state index is 0.121. The molecule has 5 heteroatoms. The molecule has 0 fully saturated rings. The molecule has 1 heterocycles. The molecule has 0 bridgehead atoms. The van der Waals surface area contributed by atoms with Gasteiger partial charge in [-0.3, -0.25) is 0 Å². The van der Waals surface area contributed by atoms with Crippen molar-refractivity contribution < 1.29 is 8.73 Å². The SMILES string of the molecule is Cc1cc(N=S=O)no1. The summed E-state index contributed by atoms with van der Waals surface area (Å²) >= 11 is 0.121. The highest BCUT2D eigenvalue weighted by molar-refractivity contribution is 7.54. The molecule has 0 atom stereocenters. The van der Waals surface area contributed by atoms with E-state index in [1.165, 1.54) is 0 Å². The minimum absolute atomic E-state index is 0.121. The Hall–Kier alpha value is -0.970. The van der Waals surface area contributed by atoms with Gasteiger partial charge in [0.05, 0.1) is 0 Å². The van der Waals surface area contributed by atoms with Gasteiger partial charge in [-0.1, -0.05) is 5.16 Å². The van der Waals surface area contributed by atoms with Crippen LogP contribution in [0.2, 0.25) is 0 Å². The summed E-state index contributed by atoms with van der Waals surface area (Å²) in [5.74, 6) is 0.996. The summed E-state index contributed by atoms with van der Waals surface area (Å²) in [5, 5.41) is 3.44. The van der Waals surface area contributed by atoms with Gasteiger partial charge in [-0.2, -0.15) is 4.21 Å². The van der Waals surface area contributed by atoms with E-state index < -0.39 is 0 Å². The second-order valence-electron chi connectivity index (χ2n) is 1.46. The fourth-order valence-corrected chi connectivity index (χ4v) is 0.597. The average molecular weight is 144 g/mol. The molecule has 1 rings (SSSR count). The predicted molar refractivity (Wildman–Crippen MR) is 31.5 cm³/mol. The summed E-state index contributed by atoms with van der Waals surface area (Å²) in [6.07, 6.45) is 0. The molecule has 0 N–H and O–H groups in total. The third-order valence-corrected chi connectivity index (χ3v) is 1.01. The van der Waals surface area contributed by atoms with Crippen molar-refractivity contribution in [2.45, 2.75) is 6.92 Å². The summed E-state index contributed by atoms with van der Waals surface area (Å²) in [4.78, 5) is 0. The van der Waals surface area contributed by atoms with Gasteiger partial charge in [-0.15, -0.1) is 4.36 Å². The molecule has 0 saturated heterocycles. The van der Waals surface area contributed by atoms with Crippen LogP contribution in [0, 0.1) is 6.92 Å². The number of hydrogen-bond acceptors (Lipinski definition) is 4. The van der Waals surface area contributed by atoms with Crippen LogP contribution in [0.3, 0.4) is 0 Å². The van der Waals surface area contributed by atoms with Gasteiger partial charge in [0.25, 0.3) is 0 Å². The van der Waals surface area contributed by atoms with Crippen molar-refractivity contribution in [3.8, 4) is 0 Å². The Balaban J connectivity index is 2.97. The Morgan fingerprint density at radius 3 is 3.11 bits per heavy atom. The van der Waals surface area contributed by atoms with E-state index in [0.29, 0.717) is 11.6 Å². The van der Waals surface area contributed by atoms with E-state index in [1.807, 2.05) is 0 Å². The van der Waals surface area contributed by atoms with Crippen molar-refractivity contribution in [2.24, 2.45) is 4.36 Å². The van der Waals surface area contributed by atoms with Crippen LogP contribution < -0.4 is 0 Å². The summed E-state index contributed by atoms with van der Waals surface area (Å²) in [7, 11) is 0. The van der Waals surface area contributed by atoms with Crippen LogP contribution in [0.5, 0.6) is 0 Å². The first-order valence-electron chi connectivity index (χ1n) is 2.26. The van der Waals surface area contributed by atoms with Gasteiger partial charge in [-0.05, 0) is 6.92 Å². The van der Waals surface area contributed by atoms with Crippen molar-refractivity contribution in [3.05, 3.63) is 11.8 Å². The molecule has 0 spiro atoms. The normalized spacial score (nSPS) is 9.00. The Labute approximate surface area is 55.1 Å². The van der Waals surface area contributed by atoms with Gasteiger partial charge in [0.1, 0.15) is 5.76 Å². The lowest BCUT2D eigenvalue weighted by atomic mass is 10.5. The first-order valence-corrected chi connectivity index (χ1v) is 2.96. The smallest absolute Gasteiger partial charge is 0.210 e. The minimum Gasteiger partial charge on any atom is -0.359 e. The van der Waals surface area contributed by atoms with Crippen molar-refractivity contribution in [3.63, 3.8) is 0 Å². The van der Waals surface area contributed by atoms with E-state index in [4.69, 9.17) is 0 Å². The van der Waals surface area contributed by atoms with Crippen molar-refractivity contribution in [2.75, 3.05) is 0 Å². The summed E-state index contributed by atoms with van der Waals surface area (Å²) in [6, 6.07) is 1.59. The maximum absolute atomic E-state index is 9.78. The van der Waals surface area contributed by atoms with Crippen LogP contribution >= 0.6 is 0 Å². The standard InChI is InChI=1S/C4H4N2O2S/c1-3-2-4(5-8-3)6-9-7/h2H,1H3. The monoisotopic (exact) mass is 144 g/mol. The maximum Gasteiger partial charge on any atom is 0.210 e. The van der Waals surface area contributed by atoms with Crippen LogP contribution in [0.1, 0.15) is 5.76 Å². The Morgan fingerprint density at radius 1 is 1.89 bits per heavy atom. The third kappa shape index (κ3) is 1.46. The van der Waals surface area contributed by atoms with E-state index in [9.17, 15) is 4.21 Å². The van der Waals surface area contributed by atoms with Crippen LogP contribution in [0.4, 0.5) is 5.82 Å². The molecular weight excluding hydrogens is 140 g/mol. The van der Waals surface area contributed by atoms with Gasteiger partial charge in [0, 0.05) is 6.07 Å². The molecule has 0 unspecified atom stereocenters. The highest BCUT2D eigenvalue weighted by Gasteiger charge is 1.94. The Morgan fingerprint density at radius 2 is 2.67 bits per heavy atom. The van der Waals surface area contributed by atoms with Crippen molar-refractivity contribution >= 4 is 17.3 Å². The predicted octanol–water partition coefficient (Wildman–Crippen LogP) is 1.01. The molecule has 0 amide bonds. The van der Waals surface area contributed by atoms with Crippen LogP contribution in [0.15, 0.2) is 15.0 Å². The van der Waals surface area contributed by atoms with Gasteiger partial charge in [0.15, 0.2) is 0 Å². The lowest BCUT2D eigenvalue weighted by Gasteiger charge is -1.65. The van der Waals surface area contributed by atoms with Crippen molar-refractivity contribution in [1.29, 1.82) is 0 Å². The topological polar surface area (TPSA) is 55.5 Å². The highest BCUT2D eigenvalue weighted by atomic mass is 32.1. The van der Waals surface area contributed by atoms with E-state index >= 15 is 0 Å². The lowest BCUT2D eigenvalue weighted by Crippen LogP contribution is -1.53. The molecule has 9 heavy (non-hydrogen) atoms. The van der Waals surface area contributed by atoms with E-state index in [0.717, 1.165) is 0 Å². The first-order chi connectivity index (χ1) is 4.33. The molecule has 48 valence electrons. The molecule has 1 aromatic heterocycles. The number of hydrogen-bond donors (Lipinski definition) is 0. The Kier molecular flexibility index (Phi) is 1.74. The van der Waals surface area contributed by atoms with Crippen molar-refractivity contribution in [1.82, 2.24) is 5.16 Å².